The number of carbonyl (C=O) groups is 2. The summed E-state index contributed by atoms with van der Waals surface area (Å²) < 4.78 is 0. The van der Waals surface area contributed by atoms with Gasteiger partial charge in [0.15, 0.2) is 0 Å². The lowest BCUT2D eigenvalue weighted by Crippen LogP contribution is -2.58. The van der Waals surface area contributed by atoms with Gasteiger partial charge in [-0.3, -0.25) is 14.6 Å². The molecule has 7 heteroatoms. The Balaban J connectivity index is 2.02. The predicted molar refractivity (Wildman–Crippen MR) is 90.4 cm³/mol. The topological polar surface area (TPSA) is 112 Å². The van der Waals surface area contributed by atoms with Gasteiger partial charge in [0, 0.05) is 30.4 Å². The first-order valence-electron chi connectivity index (χ1n) is 8.75. The van der Waals surface area contributed by atoms with Gasteiger partial charge in [-0.1, -0.05) is 6.07 Å². The van der Waals surface area contributed by atoms with Crippen LogP contribution in [0.4, 0.5) is 0 Å². The van der Waals surface area contributed by atoms with E-state index in [0.717, 1.165) is 0 Å². The lowest BCUT2D eigenvalue weighted by atomic mass is 9.68. The van der Waals surface area contributed by atoms with Crippen LogP contribution in [0.25, 0.3) is 0 Å². The molecule has 0 saturated carbocycles. The molecule has 2 amide bonds. The molecule has 0 aromatic carbocycles. The molecule has 136 valence electrons. The first kappa shape index (κ1) is 17.8. The van der Waals surface area contributed by atoms with Gasteiger partial charge in [0.2, 0.25) is 11.8 Å². The van der Waals surface area contributed by atoms with Crippen molar-refractivity contribution >= 4 is 11.8 Å². The minimum absolute atomic E-state index is 0.126. The normalized spacial score (nSPS) is 37.1. The average Bonchev–Trinajstić information content (AvgIpc) is 2.52. The summed E-state index contributed by atoms with van der Waals surface area (Å²) in [5.41, 5.74) is 0.671. The summed E-state index contributed by atoms with van der Waals surface area (Å²) in [6.45, 7) is 3.67. The van der Waals surface area contributed by atoms with Gasteiger partial charge in [-0.2, -0.15) is 0 Å². The molecule has 6 atom stereocenters. The summed E-state index contributed by atoms with van der Waals surface area (Å²) >= 11 is 0. The van der Waals surface area contributed by atoms with Crippen LogP contribution in [0, 0.1) is 11.8 Å². The number of amides is 2. The van der Waals surface area contributed by atoms with Crippen molar-refractivity contribution in [2.75, 3.05) is 0 Å². The Labute approximate surface area is 146 Å². The van der Waals surface area contributed by atoms with Crippen LogP contribution >= 0.6 is 0 Å². The first-order chi connectivity index (χ1) is 11.9. The SMILES string of the molecule is CC1CC(O)C(C(c2cccnc2)C2C(=O)NC(C)CC2O)C(=O)N1. The zero-order valence-electron chi connectivity index (χ0n) is 14.4. The second-order valence-electron chi connectivity index (χ2n) is 7.29. The highest BCUT2D eigenvalue weighted by molar-refractivity contribution is 5.86. The quantitative estimate of drug-likeness (QED) is 0.612. The van der Waals surface area contributed by atoms with Crippen LogP contribution < -0.4 is 10.6 Å². The molecule has 0 spiro atoms. The molecule has 0 radical (unpaired) electrons. The van der Waals surface area contributed by atoms with Crippen LogP contribution in [0.5, 0.6) is 0 Å². The molecule has 0 bridgehead atoms. The molecule has 25 heavy (non-hydrogen) atoms. The number of hydrogen-bond donors (Lipinski definition) is 4. The van der Waals surface area contributed by atoms with Crippen molar-refractivity contribution < 1.29 is 19.8 Å². The van der Waals surface area contributed by atoms with E-state index < -0.39 is 30.0 Å². The highest BCUT2D eigenvalue weighted by Gasteiger charge is 2.49. The van der Waals surface area contributed by atoms with Gasteiger partial charge < -0.3 is 20.8 Å². The summed E-state index contributed by atoms with van der Waals surface area (Å²) in [6.07, 6.45) is 2.27. The van der Waals surface area contributed by atoms with E-state index >= 15 is 0 Å². The zero-order chi connectivity index (χ0) is 18.1. The number of hydrogen-bond acceptors (Lipinski definition) is 5. The number of aromatic nitrogens is 1. The van der Waals surface area contributed by atoms with Crippen molar-refractivity contribution in [3.05, 3.63) is 30.1 Å². The molecule has 0 aliphatic carbocycles. The lowest BCUT2D eigenvalue weighted by Gasteiger charge is -2.43. The van der Waals surface area contributed by atoms with Gasteiger partial charge in [-0.15, -0.1) is 0 Å². The molecule has 1 aromatic rings. The number of aliphatic hydroxyl groups is 2. The summed E-state index contributed by atoms with van der Waals surface area (Å²) in [4.78, 5) is 29.4. The third kappa shape index (κ3) is 3.52. The van der Waals surface area contributed by atoms with Crippen molar-refractivity contribution in [3.63, 3.8) is 0 Å². The van der Waals surface area contributed by atoms with E-state index in [1.165, 1.54) is 0 Å². The summed E-state index contributed by atoms with van der Waals surface area (Å²) in [5, 5.41) is 26.9. The van der Waals surface area contributed by atoms with Gasteiger partial charge in [-0.25, -0.2) is 0 Å². The molecule has 3 rings (SSSR count). The maximum atomic E-state index is 12.6. The van der Waals surface area contributed by atoms with E-state index in [0.29, 0.717) is 18.4 Å². The fraction of sp³-hybridized carbons (Fsp3) is 0.611. The Hall–Kier alpha value is -1.99. The minimum Gasteiger partial charge on any atom is -0.392 e. The minimum atomic E-state index is -0.881. The summed E-state index contributed by atoms with van der Waals surface area (Å²) in [5.74, 6) is -2.84. The number of piperidine rings is 2. The smallest absolute Gasteiger partial charge is 0.226 e. The van der Waals surface area contributed by atoms with E-state index in [1.54, 1.807) is 24.5 Å². The van der Waals surface area contributed by atoms with Crippen molar-refractivity contribution in [2.45, 2.75) is 56.9 Å². The zero-order valence-corrected chi connectivity index (χ0v) is 14.4. The van der Waals surface area contributed by atoms with E-state index in [-0.39, 0.29) is 23.9 Å². The first-order valence-corrected chi connectivity index (χ1v) is 8.75. The third-order valence-corrected chi connectivity index (χ3v) is 5.25. The van der Waals surface area contributed by atoms with Crippen molar-refractivity contribution in [1.29, 1.82) is 0 Å². The molecule has 3 heterocycles. The second-order valence-corrected chi connectivity index (χ2v) is 7.29. The molecule has 2 saturated heterocycles. The highest BCUT2D eigenvalue weighted by atomic mass is 16.3. The van der Waals surface area contributed by atoms with Crippen molar-refractivity contribution in [1.82, 2.24) is 15.6 Å². The fourth-order valence-corrected chi connectivity index (χ4v) is 4.18. The van der Waals surface area contributed by atoms with Crippen LogP contribution in [-0.2, 0) is 9.59 Å². The maximum Gasteiger partial charge on any atom is 0.226 e. The average molecular weight is 347 g/mol. The molecular formula is C18H25N3O4. The summed E-state index contributed by atoms with van der Waals surface area (Å²) in [7, 11) is 0. The Bertz CT molecular complexity index is 602. The van der Waals surface area contributed by atoms with Gasteiger partial charge in [0.1, 0.15) is 0 Å². The second kappa shape index (κ2) is 7.09. The molecular weight excluding hydrogens is 322 g/mol. The molecule has 2 fully saturated rings. The van der Waals surface area contributed by atoms with Gasteiger partial charge in [0.25, 0.3) is 0 Å². The van der Waals surface area contributed by atoms with E-state index in [2.05, 4.69) is 15.6 Å². The molecule has 6 unspecified atom stereocenters. The Morgan fingerprint density at radius 1 is 1.04 bits per heavy atom. The molecule has 7 nitrogen and oxygen atoms in total. The van der Waals surface area contributed by atoms with Gasteiger partial charge >= 0.3 is 0 Å². The molecule has 2 aliphatic heterocycles. The lowest BCUT2D eigenvalue weighted by molar-refractivity contribution is -0.142. The Morgan fingerprint density at radius 2 is 1.56 bits per heavy atom. The van der Waals surface area contributed by atoms with Crippen LogP contribution in [0.15, 0.2) is 24.5 Å². The monoisotopic (exact) mass is 347 g/mol. The summed E-state index contributed by atoms with van der Waals surface area (Å²) in [6, 6.07) is 3.26. The molecule has 2 aliphatic rings. The van der Waals surface area contributed by atoms with E-state index in [1.807, 2.05) is 13.8 Å². The molecule has 1 aromatic heterocycles. The number of nitrogens with one attached hydrogen (secondary N) is 2. The maximum absolute atomic E-state index is 12.6. The Morgan fingerprint density at radius 3 is 1.96 bits per heavy atom. The standard InChI is InChI=1S/C18H25N3O4/c1-9-6-12(22)15(17(24)20-9)14(11-4-3-5-19-8-11)16-13(23)7-10(2)21-18(16)25/h3-5,8-10,12-16,22-23H,6-7H2,1-2H3,(H,20,24)(H,21,25). The number of aliphatic hydroxyl groups excluding tert-OH is 2. The molecule has 4 N–H and O–H groups in total. The number of rotatable bonds is 3. The highest BCUT2D eigenvalue weighted by Crippen LogP contribution is 2.40. The van der Waals surface area contributed by atoms with E-state index in [4.69, 9.17) is 0 Å². The van der Waals surface area contributed by atoms with Crippen LogP contribution in [0.3, 0.4) is 0 Å². The Kier molecular flexibility index (Phi) is 5.06. The third-order valence-electron chi connectivity index (χ3n) is 5.25. The largest absolute Gasteiger partial charge is 0.392 e. The number of nitrogens with zero attached hydrogens (tertiary/aromatic N) is 1. The van der Waals surface area contributed by atoms with Crippen LogP contribution in [0.1, 0.15) is 38.2 Å². The van der Waals surface area contributed by atoms with Gasteiger partial charge in [-0.05, 0) is 38.3 Å². The predicted octanol–water partition coefficient (Wildman–Crippen LogP) is -0.0638. The fourth-order valence-electron chi connectivity index (χ4n) is 4.18. The number of carbonyl (C=O) groups excluding carboxylic acids is 2. The van der Waals surface area contributed by atoms with Crippen molar-refractivity contribution in [2.24, 2.45) is 11.8 Å². The van der Waals surface area contributed by atoms with Gasteiger partial charge in [0.05, 0.1) is 24.0 Å². The van der Waals surface area contributed by atoms with Crippen molar-refractivity contribution in [3.8, 4) is 0 Å². The van der Waals surface area contributed by atoms with E-state index in [9.17, 15) is 19.8 Å². The van der Waals surface area contributed by atoms with Crippen LogP contribution in [-0.4, -0.2) is 51.3 Å². The number of pyridine rings is 1. The van der Waals surface area contributed by atoms with Crippen LogP contribution in [0.2, 0.25) is 0 Å².